The molecule has 1 aliphatic heterocycles. The van der Waals surface area contributed by atoms with Crippen LogP contribution in [-0.4, -0.2) is 41.4 Å². The maximum Gasteiger partial charge on any atom is 0.253 e. The number of hydrogen-bond donors (Lipinski definition) is 0. The summed E-state index contributed by atoms with van der Waals surface area (Å²) < 4.78 is 1.72. The minimum Gasteiger partial charge on any atom is -0.336 e. The first-order valence-corrected chi connectivity index (χ1v) is 5.36. The first-order valence-electron chi connectivity index (χ1n) is 5.02. The molecule has 0 N–H and O–H groups in total. The molecule has 2 rings (SSSR count). The van der Waals surface area contributed by atoms with Crippen molar-refractivity contribution in [2.45, 2.75) is 0 Å². The zero-order chi connectivity index (χ0) is 10.7. The minimum absolute atomic E-state index is 0.0976. The van der Waals surface area contributed by atoms with Crippen LogP contribution >= 0.6 is 11.8 Å². The van der Waals surface area contributed by atoms with Crippen molar-refractivity contribution >= 4 is 17.7 Å². The van der Waals surface area contributed by atoms with Gasteiger partial charge in [0.15, 0.2) is 0 Å². The maximum atomic E-state index is 12.0. The molecule has 1 saturated heterocycles. The molecule has 0 radical (unpaired) electrons. The molecule has 0 spiro atoms. The molecule has 1 heterocycles. The van der Waals surface area contributed by atoms with E-state index in [9.17, 15) is 4.79 Å². The third kappa shape index (κ3) is 2.49. The van der Waals surface area contributed by atoms with E-state index in [2.05, 4.69) is 0 Å². The number of halogens is 1. The molecule has 3 nitrogen and oxygen atoms in total. The fourth-order valence-corrected chi connectivity index (χ4v) is 1.80. The van der Waals surface area contributed by atoms with Gasteiger partial charge in [-0.3, -0.25) is 4.79 Å². The van der Waals surface area contributed by atoms with Crippen LogP contribution in [-0.2, 0) is 0 Å². The highest BCUT2D eigenvalue weighted by molar-refractivity contribution is 6.13. The van der Waals surface area contributed by atoms with Crippen molar-refractivity contribution in [1.82, 2.24) is 9.32 Å². The van der Waals surface area contributed by atoms with Crippen LogP contribution < -0.4 is 0 Å². The molecule has 0 atom stereocenters. The predicted molar refractivity (Wildman–Crippen MR) is 59.8 cm³/mol. The van der Waals surface area contributed by atoms with Crippen LogP contribution in [0.15, 0.2) is 30.3 Å². The van der Waals surface area contributed by atoms with Crippen molar-refractivity contribution in [3.05, 3.63) is 35.9 Å². The summed E-state index contributed by atoms with van der Waals surface area (Å²) in [4.78, 5) is 13.8. The average molecular weight is 225 g/mol. The van der Waals surface area contributed by atoms with Gasteiger partial charge in [0.25, 0.3) is 5.91 Å². The Balaban J connectivity index is 2.03. The highest BCUT2D eigenvalue weighted by atomic mass is 35.5. The zero-order valence-electron chi connectivity index (χ0n) is 8.40. The van der Waals surface area contributed by atoms with Crippen molar-refractivity contribution in [2.75, 3.05) is 26.2 Å². The van der Waals surface area contributed by atoms with Crippen molar-refractivity contribution in [3.8, 4) is 0 Å². The van der Waals surface area contributed by atoms with E-state index in [-0.39, 0.29) is 5.91 Å². The molecule has 1 aromatic rings. The average Bonchev–Trinajstić information content (AvgIpc) is 2.30. The van der Waals surface area contributed by atoms with Gasteiger partial charge in [0.05, 0.1) is 0 Å². The third-order valence-corrected chi connectivity index (χ3v) is 2.87. The van der Waals surface area contributed by atoms with Gasteiger partial charge in [0, 0.05) is 31.7 Å². The van der Waals surface area contributed by atoms with E-state index >= 15 is 0 Å². The number of amides is 1. The summed E-state index contributed by atoms with van der Waals surface area (Å²) in [5.74, 6) is 0.0976. The Labute approximate surface area is 94.3 Å². The van der Waals surface area contributed by atoms with Crippen LogP contribution in [0.25, 0.3) is 0 Å². The number of nitrogens with zero attached hydrogens (tertiary/aromatic N) is 2. The monoisotopic (exact) mass is 224 g/mol. The fraction of sp³-hybridized carbons (Fsp3) is 0.364. The van der Waals surface area contributed by atoms with Crippen LogP contribution in [0.5, 0.6) is 0 Å². The quantitative estimate of drug-likeness (QED) is 0.677. The molecule has 80 valence electrons. The van der Waals surface area contributed by atoms with Gasteiger partial charge < -0.3 is 4.90 Å². The number of carbonyl (C=O) groups is 1. The number of carbonyl (C=O) groups excluding carboxylic acids is 1. The van der Waals surface area contributed by atoms with Crippen molar-refractivity contribution in [3.63, 3.8) is 0 Å². The van der Waals surface area contributed by atoms with Gasteiger partial charge in [-0.1, -0.05) is 18.2 Å². The van der Waals surface area contributed by atoms with E-state index in [1.165, 1.54) is 0 Å². The molecule has 0 saturated carbocycles. The van der Waals surface area contributed by atoms with Crippen LogP contribution in [0, 0.1) is 0 Å². The van der Waals surface area contributed by atoms with Crippen LogP contribution in [0.3, 0.4) is 0 Å². The smallest absolute Gasteiger partial charge is 0.253 e. The highest BCUT2D eigenvalue weighted by Crippen LogP contribution is 2.09. The standard InChI is InChI=1S/C11H13ClN2O/c12-14-8-6-13(7-9-14)11(15)10-4-2-1-3-5-10/h1-5H,6-9H2. The molecule has 1 aliphatic rings. The fourth-order valence-electron chi connectivity index (χ4n) is 1.65. The van der Waals surface area contributed by atoms with Crippen LogP contribution in [0.4, 0.5) is 0 Å². The molecule has 1 amide bonds. The van der Waals surface area contributed by atoms with Crippen LogP contribution in [0.2, 0.25) is 0 Å². The Morgan fingerprint density at radius 3 is 2.27 bits per heavy atom. The molecule has 0 unspecified atom stereocenters. The lowest BCUT2D eigenvalue weighted by atomic mass is 10.2. The maximum absolute atomic E-state index is 12.0. The Bertz CT molecular complexity index is 334. The summed E-state index contributed by atoms with van der Waals surface area (Å²) in [5, 5.41) is 0. The van der Waals surface area contributed by atoms with Gasteiger partial charge in [-0.15, -0.1) is 0 Å². The minimum atomic E-state index is 0.0976. The third-order valence-electron chi connectivity index (χ3n) is 2.53. The Kier molecular flexibility index (Phi) is 3.23. The second-order valence-corrected chi connectivity index (χ2v) is 4.05. The Morgan fingerprint density at radius 1 is 1.07 bits per heavy atom. The summed E-state index contributed by atoms with van der Waals surface area (Å²) in [6, 6.07) is 9.36. The summed E-state index contributed by atoms with van der Waals surface area (Å²) in [5.41, 5.74) is 0.750. The van der Waals surface area contributed by atoms with Gasteiger partial charge in [0.1, 0.15) is 0 Å². The highest BCUT2D eigenvalue weighted by Gasteiger charge is 2.20. The molecular weight excluding hydrogens is 212 g/mol. The number of hydrogen-bond acceptors (Lipinski definition) is 2. The van der Waals surface area contributed by atoms with E-state index in [1.54, 1.807) is 4.42 Å². The molecular formula is C11H13ClN2O. The number of rotatable bonds is 1. The lowest BCUT2D eigenvalue weighted by Gasteiger charge is -2.30. The van der Waals surface area contributed by atoms with E-state index in [0.717, 1.165) is 18.7 Å². The van der Waals surface area contributed by atoms with Gasteiger partial charge in [-0.2, -0.15) is 0 Å². The first kappa shape index (κ1) is 10.5. The lowest BCUT2D eigenvalue weighted by Crippen LogP contribution is -2.45. The molecule has 1 fully saturated rings. The molecule has 0 aromatic heterocycles. The van der Waals surface area contributed by atoms with Gasteiger partial charge in [-0.25, -0.2) is 4.42 Å². The van der Waals surface area contributed by atoms with Gasteiger partial charge in [-0.05, 0) is 23.9 Å². The first-order chi connectivity index (χ1) is 7.27. The summed E-state index contributed by atoms with van der Waals surface area (Å²) in [6.45, 7) is 2.88. The van der Waals surface area contributed by atoms with E-state index in [0.29, 0.717) is 13.1 Å². The van der Waals surface area contributed by atoms with E-state index < -0.39 is 0 Å². The van der Waals surface area contributed by atoms with Crippen molar-refractivity contribution in [2.24, 2.45) is 0 Å². The second kappa shape index (κ2) is 4.64. The largest absolute Gasteiger partial charge is 0.336 e. The Hall–Kier alpha value is -1.06. The van der Waals surface area contributed by atoms with Gasteiger partial charge >= 0.3 is 0 Å². The second-order valence-electron chi connectivity index (χ2n) is 3.57. The number of piperazine rings is 1. The normalized spacial score (nSPS) is 17.8. The van der Waals surface area contributed by atoms with E-state index in [1.807, 2.05) is 35.2 Å². The number of benzene rings is 1. The lowest BCUT2D eigenvalue weighted by molar-refractivity contribution is 0.0700. The van der Waals surface area contributed by atoms with Crippen molar-refractivity contribution < 1.29 is 4.79 Å². The van der Waals surface area contributed by atoms with Crippen LogP contribution in [0.1, 0.15) is 10.4 Å². The molecule has 0 bridgehead atoms. The molecule has 15 heavy (non-hydrogen) atoms. The van der Waals surface area contributed by atoms with Crippen molar-refractivity contribution in [1.29, 1.82) is 0 Å². The Morgan fingerprint density at radius 2 is 1.67 bits per heavy atom. The molecule has 1 aromatic carbocycles. The predicted octanol–water partition coefficient (Wildman–Crippen LogP) is 1.60. The molecule has 0 aliphatic carbocycles. The summed E-state index contributed by atoms with van der Waals surface area (Å²) >= 11 is 5.83. The van der Waals surface area contributed by atoms with Gasteiger partial charge in [0.2, 0.25) is 0 Å². The summed E-state index contributed by atoms with van der Waals surface area (Å²) in [6.07, 6.45) is 0. The SMILES string of the molecule is O=C(c1ccccc1)N1CCN(Cl)CC1. The summed E-state index contributed by atoms with van der Waals surface area (Å²) in [7, 11) is 0. The zero-order valence-corrected chi connectivity index (χ0v) is 9.15. The topological polar surface area (TPSA) is 23.6 Å². The van der Waals surface area contributed by atoms with E-state index in [4.69, 9.17) is 11.8 Å². The molecule has 4 heteroatoms.